The lowest BCUT2D eigenvalue weighted by Crippen LogP contribution is -2.31. The fraction of sp³-hybridized carbons (Fsp3) is 0.281. The van der Waals surface area contributed by atoms with Crippen molar-refractivity contribution in [3.05, 3.63) is 119 Å². The van der Waals surface area contributed by atoms with Crippen molar-refractivity contribution in [3.63, 3.8) is 0 Å². The van der Waals surface area contributed by atoms with Crippen LogP contribution in [0.2, 0.25) is 0 Å². The first-order chi connectivity index (χ1) is 17.9. The van der Waals surface area contributed by atoms with Gasteiger partial charge in [-0.2, -0.15) is 0 Å². The van der Waals surface area contributed by atoms with Gasteiger partial charge < -0.3 is 10.1 Å². The van der Waals surface area contributed by atoms with Gasteiger partial charge in [0.2, 0.25) is 5.91 Å². The third-order valence-corrected chi connectivity index (χ3v) is 7.43. The molecule has 1 fully saturated rings. The third kappa shape index (κ3) is 5.66. The van der Waals surface area contributed by atoms with Crippen molar-refractivity contribution < 1.29 is 18.3 Å². The average Bonchev–Trinajstić information content (AvgIpc) is 3.63. The van der Waals surface area contributed by atoms with Crippen LogP contribution >= 0.6 is 0 Å². The van der Waals surface area contributed by atoms with Crippen LogP contribution in [0.5, 0.6) is 5.75 Å². The first-order valence-corrected chi connectivity index (χ1v) is 12.9. The summed E-state index contributed by atoms with van der Waals surface area (Å²) in [6.45, 7) is 2.64. The van der Waals surface area contributed by atoms with Crippen molar-refractivity contribution in [2.75, 3.05) is 6.61 Å². The summed E-state index contributed by atoms with van der Waals surface area (Å²) in [6.07, 6.45) is 9.28. The minimum atomic E-state index is -0.377. The van der Waals surface area contributed by atoms with Crippen LogP contribution in [0, 0.1) is 17.6 Å². The van der Waals surface area contributed by atoms with Gasteiger partial charge in [-0.05, 0) is 97.7 Å². The Bertz CT molecular complexity index is 1270. The molecule has 2 atom stereocenters. The molecule has 2 aliphatic rings. The van der Waals surface area contributed by atoms with E-state index in [1.807, 2.05) is 31.2 Å². The molecule has 1 heterocycles. The SMILES string of the molecule is C[C@@H](CCCC1=Cc2ccccc2OC1)NC(=O)C=C[C@H]1CC1(c1ccc(F)cc1)c1ccc(F)cc1. The minimum Gasteiger partial charge on any atom is -0.489 e. The number of carbonyl (C=O) groups is 1. The molecule has 1 aliphatic heterocycles. The molecule has 0 saturated heterocycles. The van der Waals surface area contributed by atoms with Gasteiger partial charge in [0.25, 0.3) is 0 Å². The molecule has 0 radical (unpaired) electrons. The van der Waals surface area contributed by atoms with Gasteiger partial charge in [0.15, 0.2) is 0 Å². The Kier molecular flexibility index (Phi) is 7.22. The van der Waals surface area contributed by atoms with E-state index in [0.29, 0.717) is 6.61 Å². The molecule has 3 aromatic rings. The highest BCUT2D eigenvalue weighted by Gasteiger charge is 2.55. The molecule has 0 bridgehead atoms. The normalized spacial score (nSPS) is 18.5. The lowest BCUT2D eigenvalue weighted by atomic mass is 9.85. The number of hydrogen-bond donors (Lipinski definition) is 1. The molecule has 0 spiro atoms. The van der Waals surface area contributed by atoms with E-state index in [0.717, 1.165) is 48.1 Å². The van der Waals surface area contributed by atoms with Crippen LogP contribution in [0.3, 0.4) is 0 Å². The Morgan fingerprint density at radius 1 is 1.03 bits per heavy atom. The highest BCUT2D eigenvalue weighted by Crippen LogP contribution is 2.59. The Hall–Kier alpha value is -3.73. The number of carbonyl (C=O) groups excluding carboxylic acids is 1. The maximum atomic E-state index is 13.6. The summed E-state index contributed by atoms with van der Waals surface area (Å²) < 4.78 is 32.9. The largest absolute Gasteiger partial charge is 0.489 e. The maximum Gasteiger partial charge on any atom is 0.243 e. The summed E-state index contributed by atoms with van der Waals surface area (Å²) in [6, 6.07) is 21.0. The van der Waals surface area contributed by atoms with Crippen LogP contribution < -0.4 is 10.1 Å². The molecule has 1 N–H and O–H groups in total. The molecule has 5 heteroatoms. The molecule has 0 aromatic heterocycles. The number of halogens is 2. The summed E-state index contributed by atoms with van der Waals surface area (Å²) in [5.74, 6) is 0.288. The molecule has 3 aromatic carbocycles. The molecular weight excluding hydrogens is 468 g/mol. The van der Waals surface area contributed by atoms with Crippen molar-refractivity contribution in [3.8, 4) is 5.75 Å². The number of hydrogen-bond acceptors (Lipinski definition) is 2. The van der Waals surface area contributed by atoms with Crippen molar-refractivity contribution in [1.29, 1.82) is 0 Å². The lowest BCUT2D eigenvalue weighted by Gasteiger charge is -2.19. The van der Waals surface area contributed by atoms with Crippen LogP contribution in [-0.4, -0.2) is 18.6 Å². The van der Waals surface area contributed by atoms with Crippen LogP contribution in [0.25, 0.3) is 6.08 Å². The predicted octanol–water partition coefficient (Wildman–Crippen LogP) is 6.98. The smallest absolute Gasteiger partial charge is 0.243 e. The summed E-state index contributed by atoms with van der Waals surface area (Å²) in [7, 11) is 0. The van der Waals surface area contributed by atoms with Crippen molar-refractivity contribution in [1.82, 2.24) is 5.32 Å². The third-order valence-electron chi connectivity index (χ3n) is 7.43. The first kappa shape index (κ1) is 24.9. The molecule has 1 saturated carbocycles. The summed E-state index contributed by atoms with van der Waals surface area (Å²) in [5.41, 5.74) is 3.94. The van der Waals surface area contributed by atoms with Gasteiger partial charge in [-0.25, -0.2) is 8.78 Å². The van der Waals surface area contributed by atoms with Crippen molar-refractivity contribution >= 4 is 12.0 Å². The van der Waals surface area contributed by atoms with E-state index in [1.54, 1.807) is 30.3 Å². The second-order valence-electron chi connectivity index (χ2n) is 10.1. The number of rotatable bonds is 9. The zero-order valence-corrected chi connectivity index (χ0v) is 20.9. The predicted molar refractivity (Wildman–Crippen MR) is 142 cm³/mol. The van der Waals surface area contributed by atoms with E-state index >= 15 is 0 Å². The number of amides is 1. The zero-order valence-electron chi connectivity index (χ0n) is 20.9. The van der Waals surface area contributed by atoms with Gasteiger partial charge in [0.05, 0.1) is 0 Å². The molecule has 1 aliphatic carbocycles. The standard InChI is InChI=1S/C32H31F2NO2/c1-22(5-4-6-23-19-24-7-2-3-8-30(24)37-21-23)35-31(36)18-13-27-20-32(27,25-9-14-28(33)15-10-25)26-11-16-29(34)17-12-26/h2-3,7-19,22,27H,4-6,20-21H2,1H3,(H,35,36)/t22-,27-/m0/s1. The van der Waals surface area contributed by atoms with E-state index in [9.17, 15) is 13.6 Å². The molecular formula is C32H31F2NO2. The lowest BCUT2D eigenvalue weighted by molar-refractivity contribution is -0.117. The maximum absolute atomic E-state index is 13.6. The quantitative estimate of drug-likeness (QED) is 0.323. The van der Waals surface area contributed by atoms with E-state index in [2.05, 4.69) is 17.5 Å². The second kappa shape index (κ2) is 10.7. The highest BCUT2D eigenvalue weighted by atomic mass is 19.1. The monoisotopic (exact) mass is 499 g/mol. The van der Waals surface area contributed by atoms with Crippen molar-refractivity contribution in [2.24, 2.45) is 5.92 Å². The fourth-order valence-electron chi connectivity index (χ4n) is 5.35. The van der Waals surface area contributed by atoms with Crippen LogP contribution in [0.15, 0.2) is 90.5 Å². The summed E-state index contributed by atoms with van der Waals surface area (Å²) in [4.78, 5) is 12.6. The van der Waals surface area contributed by atoms with E-state index in [1.165, 1.54) is 29.8 Å². The van der Waals surface area contributed by atoms with E-state index in [-0.39, 0.29) is 34.9 Å². The number of fused-ring (bicyclic) bond motifs is 1. The number of nitrogens with one attached hydrogen (secondary N) is 1. The Balaban J connectivity index is 1.15. The van der Waals surface area contributed by atoms with Crippen LogP contribution in [0.1, 0.15) is 49.3 Å². The fourth-order valence-corrected chi connectivity index (χ4v) is 5.35. The average molecular weight is 500 g/mol. The molecule has 3 nitrogen and oxygen atoms in total. The van der Waals surface area contributed by atoms with Gasteiger partial charge in [0, 0.05) is 17.0 Å². The van der Waals surface area contributed by atoms with E-state index in [4.69, 9.17) is 4.74 Å². The van der Waals surface area contributed by atoms with Gasteiger partial charge in [-0.1, -0.05) is 48.5 Å². The first-order valence-electron chi connectivity index (χ1n) is 12.9. The van der Waals surface area contributed by atoms with Crippen molar-refractivity contribution in [2.45, 2.75) is 44.1 Å². The van der Waals surface area contributed by atoms with Gasteiger partial charge in [0.1, 0.15) is 24.0 Å². The molecule has 1 amide bonds. The zero-order chi connectivity index (χ0) is 25.8. The van der Waals surface area contributed by atoms with Gasteiger partial charge >= 0.3 is 0 Å². The number of ether oxygens (including phenoxy) is 1. The Morgan fingerprint density at radius 2 is 1.68 bits per heavy atom. The van der Waals surface area contributed by atoms with Crippen LogP contribution in [-0.2, 0) is 10.2 Å². The molecule has 0 unspecified atom stereocenters. The van der Waals surface area contributed by atoms with Gasteiger partial charge in [-0.15, -0.1) is 0 Å². The Morgan fingerprint density at radius 3 is 2.35 bits per heavy atom. The molecule has 37 heavy (non-hydrogen) atoms. The molecule has 5 rings (SSSR count). The number of benzene rings is 3. The Labute approximate surface area is 216 Å². The number of para-hydroxylation sites is 1. The molecule has 190 valence electrons. The topological polar surface area (TPSA) is 38.3 Å². The number of allylic oxidation sites excluding steroid dienone is 1. The van der Waals surface area contributed by atoms with Gasteiger partial charge in [-0.3, -0.25) is 4.79 Å². The minimum absolute atomic E-state index is 0.0488. The van der Waals surface area contributed by atoms with Crippen LogP contribution in [0.4, 0.5) is 8.78 Å². The summed E-state index contributed by atoms with van der Waals surface area (Å²) >= 11 is 0. The second-order valence-corrected chi connectivity index (χ2v) is 10.1. The summed E-state index contributed by atoms with van der Waals surface area (Å²) in [5, 5.41) is 3.06. The highest BCUT2D eigenvalue weighted by molar-refractivity contribution is 5.87. The van der Waals surface area contributed by atoms with E-state index < -0.39 is 0 Å².